The Labute approximate surface area is 114 Å². The first-order valence-corrected chi connectivity index (χ1v) is 6.97. The van der Waals surface area contributed by atoms with Crippen molar-refractivity contribution < 1.29 is 4.79 Å². The van der Waals surface area contributed by atoms with Gasteiger partial charge in [0, 0.05) is 24.2 Å². The van der Waals surface area contributed by atoms with Crippen LogP contribution in [0.4, 0.5) is 9.93 Å². The maximum atomic E-state index is 11.7. The summed E-state index contributed by atoms with van der Waals surface area (Å²) in [6.07, 6.45) is 6.87. The SMILES string of the molecule is O=C(Nc1nccs1)NC1CC(Cn2cncn2)C1. The number of thiazole rings is 1. The second-order valence-electron chi connectivity index (χ2n) is 4.59. The fourth-order valence-corrected chi connectivity index (χ4v) is 2.72. The van der Waals surface area contributed by atoms with Crippen molar-refractivity contribution in [3.63, 3.8) is 0 Å². The molecule has 2 N–H and O–H groups in total. The molecule has 1 saturated carbocycles. The van der Waals surface area contributed by atoms with Gasteiger partial charge in [-0.05, 0) is 18.8 Å². The second-order valence-corrected chi connectivity index (χ2v) is 5.48. The van der Waals surface area contributed by atoms with Gasteiger partial charge in [-0.25, -0.2) is 14.8 Å². The molecule has 2 aromatic heterocycles. The lowest BCUT2D eigenvalue weighted by Crippen LogP contribution is -2.47. The minimum Gasteiger partial charge on any atom is -0.335 e. The third-order valence-corrected chi connectivity index (χ3v) is 3.82. The fraction of sp³-hybridized carbons (Fsp3) is 0.455. The summed E-state index contributed by atoms with van der Waals surface area (Å²) in [7, 11) is 0. The number of urea groups is 1. The number of nitrogens with zero attached hydrogens (tertiary/aromatic N) is 4. The molecule has 2 heterocycles. The number of nitrogens with one attached hydrogen (secondary N) is 2. The molecule has 0 bridgehead atoms. The van der Waals surface area contributed by atoms with Gasteiger partial charge in [0.2, 0.25) is 0 Å². The van der Waals surface area contributed by atoms with Crippen molar-refractivity contribution >= 4 is 22.5 Å². The first kappa shape index (κ1) is 12.1. The Morgan fingerprint density at radius 3 is 3.11 bits per heavy atom. The number of rotatable bonds is 4. The average Bonchev–Trinajstić information content (AvgIpc) is 2.98. The van der Waals surface area contributed by atoms with E-state index in [9.17, 15) is 4.79 Å². The largest absolute Gasteiger partial charge is 0.335 e. The Kier molecular flexibility index (Phi) is 3.41. The van der Waals surface area contributed by atoms with E-state index in [4.69, 9.17) is 0 Å². The number of carbonyl (C=O) groups excluding carboxylic acids is 1. The highest BCUT2D eigenvalue weighted by Crippen LogP contribution is 2.28. The number of amides is 2. The molecule has 100 valence electrons. The molecule has 0 unspecified atom stereocenters. The highest BCUT2D eigenvalue weighted by molar-refractivity contribution is 7.13. The summed E-state index contributed by atoms with van der Waals surface area (Å²) in [5.74, 6) is 0.562. The average molecular weight is 278 g/mol. The van der Waals surface area contributed by atoms with Gasteiger partial charge in [0.25, 0.3) is 0 Å². The third-order valence-electron chi connectivity index (χ3n) is 3.14. The summed E-state index contributed by atoms with van der Waals surface area (Å²) in [5.41, 5.74) is 0. The molecule has 1 fully saturated rings. The summed E-state index contributed by atoms with van der Waals surface area (Å²) >= 11 is 1.41. The summed E-state index contributed by atoms with van der Waals surface area (Å²) in [5, 5.41) is 12.2. The molecule has 1 aliphatic rings. The molecule has 0 aromatic carbocycles. The van der Waals surface area contributed by atoms with Crippen LogP contribution in [-0.2, 0) is 6.54 Å². The summed E-state index contributed by atoms with van der Waals surface area (Å²) in [6.45, 7) is 0.867. The van der Waals surface area contributed by atoms with Crippen molar-refractivity contribution in [1.82, 2.24) is 25.1 Å². The Hall–Kier alpha value is -1.96. The van der Waals surface area contributed by atoms with Crippen LogP contribution in [0.3, 0.4) is 0 Å². The van der Waals surface area contributed by atoms with E-state index in [1.807, 2.05) is 10.1 Å². The van der Waals surface area contributed by atoms with E-state index < -0.39 is 0 Å². The lowest BCUT2D eigenvalue weighted by atomic mass is 9.80. The first-order valence-electron chi connectivity index (χ1n) is 6.09. The highest BCUT2D eigenvalue weighted by Gasteiger charge is 2.30. The minimum absolute atomic E-state index is 0.181. The van der Waals surface area contributed by atoms with Crippen LogP contribution >= 0.6 is 11.3 Å². The zero-order valence-electron chi connectivity index (χ0n) is 10.2. The quantitative estimate of drug-likeness (QED) is 0.883. The van der Waals surface area contributed by atoms with E-state index in [0.29, 0.717) is 11.0 Å². The van der Waals surface area contributed by atoms with Gasteiger partial charge < -0.3 is 5.32 Å². The first-order chi connectivity index (χ1) is 9.29. The lowest BCUT2D eigenvalue weighted by molar-refractivity contribution is 0.191. The topological polar surface area (TPSA) is 84.7 Å². The molecule has 3 rings (SSSR count). The van der Waals surface area contributed by atoms with Crippen LogP contribution in [0.1, 0.15) is 12.8 Å². The zero-order chi connectivity index (χ0) is 13.1. The van der Waals surface area contributed by atoms with E-state index in [1.54, 1.807) is 12.5 Å². The van der Waals surface area contributed by atoms with Crippen LogP contribution in [-0.4, -0.2) is 31.8 Å². The van der Waals surface area contributed by atoms with Crippen LogP contribution in [0.25, 0.3) is 0 Å². The number of anilines is 1. The smallest absolute Gasteiger partial charge is 0.321 e. The predicted molar refractivity (Wildman–Crippen MR) is 70.8 cm³/mol. The molecule has 0 aliphatic heterocycles. The van der Waals surface area contributed by atoms with E-state index >= 15 is 0 Å². The Morgan fingerprint density at radius 1 is 1.53 bits per heavy atom. The number of aromatic nitrogens is 4. The predicted octanol–water partition coefficient (Wildman–Crippen LogP) is 1.33. The molecule has 19 heavy (non-hydrogen) atoms. The third kappa shape index (κ3) is 3.08. The second kappa shape index (κ2) is 5.35. The molecule has 2 aromatic rings. The molecule has 0 radical (unpaired) electrons. The highest BCUT2D eigenvalue weighted by atomic mass is 32.1. The van der Waals surface area contributed by atoms with E-state index in [1.165, 1.54) is 17.7 Å². The van der Waals surface area contributed by atoms with Gasteiger partial charge in [-0.3, -0.25) is 10.00 Å². The Bertz CT molecular complexity index is 519. The number of carbonyl (C=O) groups is 1. The van der Waals surface area contributed by atoms with Gasteiger partial charge in [0.05, 0.1) is 0 Å². The van der Waals surface area contributed by atoms with Gasteiger partial charge in [0.15, 0.2) is 5.13 Å². The number of hydrogen-bond donors (Lipinski definition) is 2. The molecule has 7 nitrogen and oxygen atoms in total. The Balaban J connectivity index is 1.38. The fourth-order valence-electron chi connectivity index (χ4n) is 2.20. The standard InChI is InChI=1S/C11H14N6OS/c18-10(16-11-13-1-2-19-11)15-9-3-8(4-9)5-17-7-12-6-14-17/h1-2,6-9H,3-5H2,(H2,13,15,16,18). The molecule has 0 spiro atoms. The van der Waals surface area contributed by atoms with Crippen molar-refractivity contribution in [2.75, 3.05) is 5.32 Å². The van der Waals surface area contributed by atoms with Crippen molar-refractivity contribution in [3.8, 4) is 0 Å². The normalized spacial score (nSPS) is 21.7. The van der Waals surface area contributed by atoms with Crippen LogP contribution in [0.15, 0.2) is 24.2 Å². The zero-order valence-corrected chi connectivity index (χ0v) is 11.0. The van der Waals surface area contributed by atoms with Crippen LogP contribution in [0, 0.1) is 5.92 Å². The van der Waals surface area contributed by atoms with Crippen LogP contribution < -0.4 is 10.6 Å². The van der Waals surface area contributed by atoms with Crippen LogP contribution in [0.5, 0.6) is 0 Å². The number of hydrogen-bond acceptors (Lipinski definition) is 5. The van der Waals surface area contributed by atoms with E-state index in [0.717, 1.165) is 19.4 Å². The van der Waals surface area contributed by atoms with Gasteiger partial charge in [0.1, 0.15) is 12.7 Å². The van der Waals surface area contributed by atoms with Gasteiger partial charge >= 0.3 is 6.03 Å². The van der Waals surface area contributed by atoms with Crippen molar-refractivity contribution in [2.24, 2.45) is 5.92 Å². The monoisotopic (exact) mass is 278 g/mol. The lowest BCUT2D eigenvalue weighted by Gasteiger charge is -2.35. The maximum absolute atomic E-state index is 11.7. The molecule has 0 saturated heterocycles. The summed E-state index contributed by atoms with van der Waals surface area (Å²) < 4.78 is 1.83. The van der Waals surface area contributed by atoms with Gasteiger partial charge in [-0.15, -0.1) is 11.3 Å². The molecule has 0 atom stereocenters. The summed E-state index contributed by atoms with van der Waals surface area (Å²) in [6, 6.07) is 0.0626. The van der Waals surface area contributed by atoms with Gasteiger partial charge in [-0.1, -0.05) is 0 Å². The molecular weight excluding hydrogens is 264 g/mol. The van der Waals surface area contributed by atoms with Gasteiger partial charge in [-0.2, -0.15) is 5.10 Å². The van der Waals surface area contributed by atoms with E-state index in [-0.39, 0.29) is 12.1 Å². The Morgan fingerprint density at radius 2 is 2.42 bits per heavy atom. The molecule has 2 amide bonds. The molecule has 1 aliphatic carbocycles. The van der Waals surface area contributed by atoms with Crippen molar-refractivity contribution in [3.05, 3.63) is 24.2 Å². The molecule has 8 heteroatoms. The molecular formula is C11H14N6OS. The van der Waals surface area contributed by atoms with Crippen molar-refractivity contribution in [1.29, 1.82) is 0 Å². The van der Waals surface area contributed by atoms with E-state index in [2.05, 4.69) is 25.7 Å². The van der Waals surface area contributed by atoms with Crippen LogP contribution in [0.2, 0.25) is 0 Å². The maximum Gasteiger partial charge on any atom is 0.321 e. The summed E-state index contributed by atoms with van der Waals surface area (Å²) in [4.78, 5) is 19.6. The minimum atomic E-state index is -0.181. The van der Waals surface area contributed by atoms with Crippen molar-refractivity contribution in [2.45, 2.75) is 25.4 Å².